The summed E-state index contributed by atoms with van der Waals surface area (Å²) in [6, 6.07) is 11.0. The largest absolute Gasteiger partial charge is 0.480 e. The van der Waals surface area contributed by atoms with E-state index < -0.39 is 56.2 Å². The van der Waals surface area contributed by atoms with Gasteiger partial charge in [0, 0.05) is 36.3 Å². The second kappa shape index (κ2) is 12.6. The highest BCUT2D eigenvalue weighted by Crippen LogP contribution is 2.46. The number of alkyl halides is 3. The number of aromatic nitrogens is 2. The number of piperidine rings is 1. The molecule has 0 radical (unpaired) electrons. The lowest BCUT2D eigenvalue weighted by Gasteiger charge is -2.39. The number of carbonyl (C=O) groups is 1. The van der Waals surface area contributed by atoms with Gasteiger partial charge in [0.2, 0.25) is 17.9 Å². The SMILES string of the molecule is CCCS(=O)(=O)c1cc(Cl)cc(-c2ccccc2)c1[C@@H](Oc1cc(N2CCC3(CC2)CNC(C(=O)O)C3)nc(N)n1)C(F)(F)F. The van der Waals surface area contributed by atoms with Gasteiger partial charge in [-0.25, -0.2) is 8.42 Å². The smallest absolute Gasteiger partial charge is 0.429 e. The molecule has 3 heterocycles. The van der Waals surface area contributed by atoms with Crippen LogP contribution in [0.1, 0.15) is 44.3 Å². The zero-order valence-electron chi connectivity index (χ0n) is 24.3. The molecular formula is C30H33ClF3N5O5S. The van der Waals surface area contributed by atoms with Crippen LogP contribution >= 0.6 is 11.6 Å². The van der Waals surface area contributed by atoms with Crippen LogP contribution in [0.2, 0.25) is 5.02 Å². The van der Waals surface area contributed by atoms with E-state index in [1.165, 1.54) is 12.1 Å². The van der Waals surface area contributed by atoms with Crippen LogP contribution in [0, 0.1) is 5.41 Å². The van der Waals surface area contributed by atoms with Crippen LogP contribution in [0.25, 0.3) is 11.1 Å². The molecule has 2 aromatic carbocycles. The Labute approximate surface area is 263 Å². The predicted molar refractivity (Wildman–Crippen MR) is 163 cm³/mol. The Hall–Kier alpha value is -3.62. The maximum atomic E-state index is 15.0. The van der Waals surface area contributed by atoms with E-state index in [1.54, 1.807) is 37.3 Å². The molecule has 1 unspecified atom stereocenters. The van der Waals surface area contributed by atoms with Crippen molar-refractivity contribution in [3.63, 3.8) is 0 Å². The molecule has 1 aromatic heterocycles. The third-order valence-corrected chi connectivity index (χ3v) is 10.5. The number of sulfone groups is 1. The van der Waals surface area contributed by atoms with E-state index in [0.717, 1.165) is 6.07 Å². The van der Waals surface area contributed by atoms with Crippen LogP contribution in [0.15, 0.2) is 53.4 Å². The average Bonchev–Trinajstić information content (AvgIpc) is 3.39. The van der Waals surface area contributed by atoms with Crippen molar-refractivity contribution in [1.82, 2.24) is 15.3 Å². The summed E-state index contributed by atoms with van der Waals surface area (Å²) in [7, 11) is -4.22. The van der Waals surface area contributed by atoms with Crippen LogP contribution in [0.5, 0.6) is 5.88 Å². The fraction of sp³-hybridized carbons (Fsp3) is 0.433. The Balaban J connectivity index is 1.53. The lowest BCUT2D eigenvalue weighted by Crippen LogP contribution is -2.41. The summed E-state index contributed by atoms with van der Waals surface area (Å²) in [6.07, 6.45) is -5.91. The third-order valence-electron chi connectivity index (χ3n) is 8.31. The van der Waals surface area contributed by atoms with Crippen LogP contribution in [0.4, 0.5) is 24.9 Å². The number of ether oxygens (including phenoxy) is 1. The number of nitrogens with two attached hydrogens (primary N) is 1. The molecule has 3 aromatic rings. The van der Waals surface area contributed by atoms with Gasteiger partial charge in [-0.2, -0.15) is 23.1 Å². The number of nitrogen functional groups attached to an aromatic ring is 1. The van der Waals surface area contributed by atoms with Crippen LogP contribution in [-0.2, 0) is 14.6 Å². The van der Waals surface area contributed by atoms with Gasteiger partial charge < -0.3 is 25.8 Å². The number of anilines is 2. The molecule has 15 heteroatoms. The van der Waals surface area contributed by atoms with Crippen molar-refractivity contribution in [1.29, 1.82) is 0 Å². The standard InChI is InChI=1S/C30H33ClF3N5O5S/c1-2-12-45(42,43)22-14-19(31)13-20(18-6-4-3-5-7-18)25(22)26(30(32,33)34)44-24-15-23(37-28(35)38-24)39-10-8-29(9-11-39)16-21(27(40)41)36-17-29/h3-7,13-15,21,26,36H,2,8-12,16-17H2,1H3,(H,40,41)(H2,35,37,38)/t21?,26-/m1/s1. The van der Waals surface area contributed by atoms with Crippen LogP contribution in [-0.4, -0.2) is 67.1 Å². The Bertz CT molecular complexity index is 1670. The monoisotopic (exact) mass is 667 g/mol. The number of halogens is 4. The molecule has 2 aliphatic rings. The minimum atomic E-state index is -5.08. The highest BCUT2D eigenvalue weighted by atomic mass is 35.5. The number of carboxylic acid groups (broad SMARTS) is 1. The maximum absolute atomic E-state index is 15.0. The quantitative estimate of drug-likeness (QED) is 0.275. The molecule has 4 N–H and O–H groups in total. The molecule has 45 heavy (non-hydrogen) atoms. The summed E-state index contributed by atoms with van der Waals surface area (Å²) in [5.41, 5.74) is 5.40. The lowest BCUT2D eigenvalue weighted by atomic mass is 9.76. The predicted octanol–water partition coefficient (Wildman–Crippen LogP) is 5.28. The Morgan fingerprint density at radius 2 is 1.89 bits per heavy atom. The second-order valence-electron chi connectivity index (χ2n) is 11.5. The van der Waals surface area contributed by atoms with Crippen molar-refractivity contribution in [2.45, 2.75) is 55.8 Å². The van der Waals surface area contributed by atoms with E-state index in [4.69, 9.17) is 22.1 Å². The second-order valence-corrected chi connectivity index (χ2v) is 14.0. The fourth-order valence-electron chi connectivity index (χ4n) is 6.10. The van der Waals surface area contributed by atoms with Crippen molar-refractivity contribution in [3.05, 3.63) is 59.1 Å². The number of nitrogens with zero attached hydrogens (tertiary/aromatic N) is 3. The summed E-state index contributed by atoms with van der Waals surface area (Å²) < 4.78 is 77.2. The first-order valence-corrected chi connectivity index (χ1v) is 16.4. The van der Waals surface area contributed by atoms with Crippen LogP contribution in [0.3, 0.4) is 0 Å². The van der Waals surface area contributed by atoms with Gasteiger partial charge in [-0.05, 0) is 54.4 Å². The van der Waals surface area contributed by atoms with E-state index in [-0.39, 0.29) is 34.2 Å². The molecule has 0 bridgehead atoms. The minimum absolute atomic E-state index is 0.0446. The summed E-state index contributed by atoms with van der Waals surface area (Å²) >= 11 is 6.29. The zero-order chi connectivity index (χ0) is 32.6. The molecule has 10 nitrogen and oxygen atoms in total. The first-order valence-electron chi connectivity index (χ1n) is 14.4. The van der Waals surface area contributed by atoms with Gasteiger partial charge in [-0.3, -0.25) is 4.79 Å². The van der Waals surface area contributed by atoms with Crippen molar-refractivity contribution >= 4 is 39.2 Å². The van der Waals surface area contributed by atoms with Crippen LogP contribution < -0.4 is 20.7 Å². The number of rotatable bonds is 9. The number of hydrogen-bond donors (Lipinski definition) is 3. The van der Waals surface area contributed by atoms with Crippen molar-refractivity contribution in [2.24, 2.45) is 5.41 Å². The minimum Gasteiger partial charge on any atom is -0.480 e. The van der Waals surface area contributed by atoms with Gasteiger partial charge in [0.05, 0.1) is 10.6 Å². The van der Waals surface area contributed by atoms with E-state index in [9.17, 15) is 31.5 Å². The summed E-state index contributed by atoms with van der Waals surface area (Å²) in [5, 5.41) is 12.4. The van der Waals surface area contributed by atoms with Crippen molar-refractivity contribution in [3.8, 4) is 17.0 Å². The molecule has 0 saturated carbocycles. The van der Waals surface area contributed by atoms with Crippen molar-refractivity contribution < 1.29 is 36.2 Å². The summed E-state index contributed by atoms with van der Waals surface area (Å²) in [4.78, 5) is 20.8. The first kappa shape index (κ1) is 32.8. The molecule has 2 aliphatic heterocycles. The molecule has 0 amide bonds. The van der Waals surface area contributed by atoms with Gasteiger partial charge in [-0.15, -0.1) is 0 Å². The summed E-state index contributed by atoms with van der Waals surface area (Å²) in [5.74, 6) is -1.87. The van der Waals surface area contributed by atoms with Crippen molar-refractivity contribution in [2.75, 3.05) is 36.0 Å². The van der Waals surface area contributed by atoms with Gasteiger partial charge in [0.25, 0.3) is 0 Å². The topological polar surface area (TPSA) is 148 Å². The number of benzene rings is 2. The fourth-order valence-corrected chi connectivity index (χ4v) is 8.00. The molecule has 242 valence electrons. The molecule has 0 aliphatic carbocycles. The number of carboxylic acids is 1. The molecule has 2 saturated heterocycles. The number of nitrogens with one attached hydrogen (secondary N) is 1. The zero-order valence-corrected chi connectivity index (χ0v) is 25.9. The molecular weight excluding hydrogens is 635 g/mol. The van der Waals surface area contributed by atoms with E-state index in [2.05, 4.69) is 15.3 Å². The maximum Gasteiger partial charge on any atom is 0.429 e. The highest BCUT2D eigenvalue weighted by Gasteiger charge is 2.48. The van der Waals surface area contributed by atoms with Gasteiger partial charge in [0.15, 0.2) is 9.84 Å². The molecule has 1 spiro atoms. The van der Waals surface area contributed by atoms with Gasteiger partial charge >= 0.3 is 12.1 Å². The number of aliphatic carboxylic acids is 1. The average molecular weight is 668 g/mol. The Morgan fingerprint density at radius 1 is 1.20 bits per heavy atom. The van der Waals surface area contributed by atoms with Gasteiger partial charge in [0.1, 0.15) is 11.9 Å². The van der Waals surface area contributed by atoms with E-state index in [0.29, 0.717) is 44.5 Å². The molecule has 5 rings (SSSR count). The summed E-state index contributed by atoms with van der Waals surface area (Å²) in [6.45, 7) is 3.08. The number of hydrogen-bond acceptors (Lipinski definition) is 9. The Kier molecular flexibility index (Phi) is 9.20. The van der Waals surface area contributed by atoms with E-state index in [1.807, 2.05) is 4.90 Å². The lowest BCUT2D eigenvalue weighted by molar-refractivity contribution is -0.199. The first-order chi connectivity index (χ1) is 21.2. The molecule has 2 fully saturated rings. The third kappa shape index (κ3) is 7.12. The Morgan fingerprint density at radius 3 is 2.49 bits per heavy atom. The normalized spacial score (nSPS) is 19.0. The van der Waals surface area contributed by atoms with Gasteiger partial charge in [-0.1, -0.05) is 48.9 Å². The van der Waals surface area contributed by atoms with E-state index >= 15 is 0 Å². The molecule has 2 atom stereocenters. The highest BCUT2D eigenvalue weighted by molar-refractivity contribution is 7.91.